The molecule has 0 aliphatic carbocycles. The second-order valence-electron chi connectivity index (χ2n) is 1.09. The average Bonchev–Trinajstić information content (AvgIpc) is 1.87. The first-order valence-corrected chi connectivity index (χ1v) is 1.71. The van der Waals surface area contributed by atoms with Crippen LogP contribution in [0.5, 0.6) is 0 Å². The van der Waals surface area contributed by atoms with Crippen LogP contribution in [-0.4, -0.2) is 4.79 Å². The van der Waals surface area contributed by atoms with E-state index >= 15 is 0 Å². The Morgan fingerprint density at radius 2 is 2.43 bits per heavy atom. The first-order chi connectivity index (χ1) is 3.29. The number of aromatic nitrogens is 1. The molecule has 0 unspecified atom stereocenters. The van der Waals surface area contributed by atoms with E-state index in [9.17, 15) is 8.87 Å². The predicted molar refractivity (Wildman–Crippen MR) is 19.7 cm³/mol. The molecule has 1 aromatic heterocycles. The molecule has 1 aromatic rings. The monoisotopic (exact) mass is 102 g/mol. The minimum Gasteiger partial charge on any atom is -0.204 e. The van der Waals surface area contributed by atoms with Crippen LogP contribution in [0.15, 0.2) is 12.3 Å². The van der Waals surface area contributed by atoms with Gasteiger partial charge in [0, 0.05) is 6.20 Å². The third kappa shape index (κ3) is 0.765. The summed E-state index contributed by atoms with van der Waals surface area (Å²) in [5.74, 6) is -0.678. The Morgan fingerprint density at radius 3 is 2.57 bits per heavy atom. The molecule has 1 heterocycles. The minimum absolute atomic E-state index is 0.0370. The summed E-state index contributed by atoms with van der Waals surface area (Å²) >= 11 is 0. The van der Waals surface area contributed by atoms with Gasteiger partial charge in [-0.05, 0) is 6.07 Å². The van der Waals surface area contributed by atoms with Crippen molar-refractivity contribution >= 4 is 0 Å². The molecule has 0 aliphatic heterocycles. The van der Waals surface area contributed by atoms with E-state index in [2.05, 4.69) is 0 Å². The van der Waals surface area contributed by atoms with Gasteiger partial charge in [0.2, 0.25) is 0 Å². The van der Waals surface area contributed by atoms with Crippen LogP contribution in [0.1, 0.15) is 0 Å². The van der Waals surface area contributed by atoms with Gasteiger partial charge in [-0.15, -0.1) is 0 Å². The maximum absolute atomic E-state index is 11.6. The quantitative estimate of drug-likeness (QED) is 0.463. The summed E-state index contributed by atoms with van der Waals surface area (Å²) in [5.41, 5.74) is 0. The van der Waals surface area contributed by atoms with Crippen LogP contribution in [0.3, 0.4) is 0 Å². The minimum atomic E-state index is -0.678. The summed E-state index contributed by atoms with van der Waals surface area (Å²) in [6, 6.07) is 0.986. The molecule has 0 saturated heterocycles. The molecule has 37 valence electrons. The fourth-order valence-electron chi connectivity index (χ4n) is 0.307. The fourth-order valence-corrected chi connectivity index (χ4v) is 0.307. The lowest BCUT2D eigenvalue weighted by atomic mass is 10.6. The van der Waals surface area contributed by atoms with Gasteiger partial charge < -0.3 is 0 Å². The van der Waals surface area contributed by atoms with E-state index in [-0.39, 0.29) is 4.79 Å². The SMILES string of the molecule is Fc1[c]n(F)cc1. The Labute approximate surface area is 39.1 Å². The molecule has 1 radical (unpaired) electrons. The molecular formula is C4H2F2N. The highest BCUT2D eigenvalue weighted by molar-refractivity contribution is 4.90. The molecule has 1 nitrogen and oxygen atoms in total. The van der Waals surface area contributed by atoms with Crippen molar-refractivity contribution in [1.82, 2.24) is 4.79 Å². The maximum atomic E-state index is 11.6. The largest absolute Gasteiger partial charge is 0.204 e. The van der Waals surface area contributed by atoms with Gasteiger partial charge in [0.25, 0.3) is 0 Å². The van der Waals surface area contributed by atoms with Crippen molar-refractivity contribution in [2.45, 2.75) is 0 Å². The van der Waals surface area contributed by atoms with Crippen LogP contribution in [0.2, 0.25) is 0 Å². The molecule has 7 heavy (non-hydrogen) atoms. The van der Waals surface area contributed by atoms with Crippen molar-refractivity contribution in [3.8, 4) is 0 Å². The summed E-state index contributed by atoms with van der Waals surface area (Å²) in [6.07, 6.45) is 2.66. The Balaban J connectivity index is 3.04. The number of nitrogens with zero attached hydrogens (tertiary/aromatic N) is 1. The molecule has 0 spiro atoms. The summed E-state index contributed by atoms with van der Waals surface area (Å²) < 4.78 is 23.2. The third-order valence-corrected chi connectivity index (χ3v) is 0.565. The van der Waals surface area contributed by atoms with Gasteiger partial charge in [-0.2, -0.15) is 4.79 Å². The van der Waals surface area contributed by atoms with Gasteiger partial charge in [-0.3, -0.25) is 0 Å². The highest BCUT2D eigenvalue weighted by Crippen LogP contribution is 1.94. The number of hydrogen-bond acceptors (Lipinski definition) is 0. The highest BCUT2D eigenvalue weighted by Gasteiger charge is 1.89. The predicted octanol–water partition coefficient (Wildman–Crippen LogP) is 1.16. The van der Waals surface area contributed by atoms with Gasteiger partial charge in [-0.25, -0.2) is 4.39 Å². The van der Waals surface area contributed by atoms with E-state index < -0.39 is 5.82 Å². The number of rotatable bonds is 0. The van der Waals surface area contributed by atoms with Crippen molar-refractivity contribution < 1.29 is 8.87 Å². The molecule has 0 N–H and O–H groups in total. The van der Waals surface area contributed by atoms with Crippen LogP contribution in [0, 0.1) is 12.0 Å². The fraction of sp³-hybridized carbons (Fsp3) is 0. The van der Waals surface area contributed by atoms with Crippen molar-refractivity contribution in [3.63, 3.8) is 0 Å². The Kier molecular flexibility index (Phi) is 0.817. The smallest absolute Gasteiger partial charge is 0.153 e. The lowest BCUT2D eigenvalue weighted by Crippen LogP contribution is -1.70. The maximum Gasteiger partial charge on any atom is 0.153 e. The van der Waals surface area contributed by atoms with Gasteiger partial charge in [0.05, 0.1) is 0 Å². The van der Waals surface area contributed by atoms with Crippen LogP contribution < -0.4 is 0 Å². The molecule has 3 heteroatoms. The van der Waals surface area contributed by atoms with Crippen LogP contribution >= 0.6 is 0 Å². The molecule has 0 saturated carbocycles. The molecule has 0 aromatic carbocycles. The van der Waals surface area contributed by atoms with E-state index in [1.807, 2.05) is 0 Å². The van der Waals surface area contributed by atoms with Crippen molar-refractivity contribution in [1.29, 1.82) is 0 Å². The zero-order valence-electron chi connectivity index (χ0n) is 3.36. The normalized spacial score (nSPS) is 9.43. The van der Waals surface area contributed by atoms with E-state index in [1.165, 1.54) is 0 Å². The Morgan fingerprint density at radius 1 is 1.71 bits per heavy atom. The Hall–Kier alpha value is -0.860. The van der Waals surface area contributed by atoms with Crippen LogP contribution in [0.4, 0.5) is 8.87 Å². The van der Waals surface area contributed by atoms with Crippen molar-refractivity contribution in [2.24, 2.45) is 0 Å². The lowest BCUT2D eigenvalue weighted by molar-refractivity contribution is 0.363. The third-order valence-electron chi connectivity index (χ3n) is 0.565. The van der Waals surface area contributed by atoms with Gasteiger partial charge >= 0.3 is 0 Å². The molecule has 0 fully saturated rings. The molecule has 0 aliphatic rings. The average molecular weight is 102 g/mol. The molecule has 0 bridgehead atoms. The van der Waals surface area contributed by atoms with Crippen LogP contribution in [0.25, 0.3) is 0 Å². The van der Waals surface area contributed by atoms with Gasteiger partial charge in [0.1, 0.15) is 6.20 Å². The lowest BCUT2D eigenvalue weighted by Gasteiger charge is -1.70. The summed E-state index contributed by atoms with van der Waals surface area (Å²) in [5, 5.41) is 0. The topological polar surface area (TPSA) is 4.93 Å². The summed E-state index contributed by atoms with van der Waals surface area (Å²) in [7, 11) is 0. The van der Waals surface area contributed by atoms with Crippen LogP contribution in [-0.2, 0) is 0 Å². The van der Waals surface area contributed by atoms with E-state index in [0.29, 0.717) is 0 Å². The van der Waals surface area contributed by atoms with E-state index in [1.54, 1.807) is 6.20 Å². The van der Waals surface area contributed by atoms with Crippen molar-refractivity contribution in [3.05, 3.63) is 24.3 Å². The molecule has 0 amide bonds. The zero-order valence-corrected chi connectivity index (χ0v) is 3.36. The summed E-state index contributed by atoms with van der Waals surface area (Å²) in [6.45, 7) is 0. The summed E-state index contributed by atoms with van der Waals surface area (Å²) in [4.78, 5) is 0.0370. The van der Waals surface area contributed by atoms with Gasteiger partial charge in [0.15, 0.2) is 5.82 Å². The zero-order chi connectivity index (χ0) is 5.28. The first kappa shape index (κ1) is 4.30. The Bertz CT molecular complexity index is 142. The molecular weight excluding hydrogens is 100 g/mol. The van der Waals surface area contributed by atoms with Gasteiger partial charge in [-0.1, -0.05) is 4.48 Å². The van der Waals surface area contributed by atoms with E-state index in [0.717, 1.165) is 12.3 Å². The van der Waals surface area contributed by atoms with E-state index in [4.69, 9.17) is 0 Å². The molecule has 1 rings (SSSR count). The number of halogens is 2. The first-order valence-electron chi connectivity index (χ1n) is 1.71. The van der Waals surface area contributed by atoms with Crippen molar-refractivity contribution in [2.75, 3.05) is 0 Å². The second kappa shape index (κ2) is 1.33. The highest BCUT2D eigenvalue weighted by atomic mass is 19.2. The molecule has 0 atom stereocenters. The second-order valence-corrected chi connectivity index (χ2v) is 1.09. The standard InChI is InChI=1S/C4H2F2N/c5-4-1-2-7(6)3-4/h1-2H. The number of hydrogen-bond donors (Lipinski definition) is 0.